The Morgan fingerprint density at radius 3 is 2.15 bits per heavy atom. The molecule has 3 rings (SSSR count). The zero-order valence-corrected chi connectivity index (χ0v) is 19.3. The second-order valence-electron chi connectivity index (χ2n) is 6.99. The lowest BCUT2D eigenvalue weighted by molar-refractivity contribution is -0.139. The first-order valence-corrected chi connectivity index (χ1v) is 10.2. The Balaban J connectivity index is 2.44. The van der Waals surface area contributed by atoms with Gasteiger partial charge in [0.25, 0.3) is 0 Å². The molecule has 2 aromatic carbocycles. The van der Waals surface area contributed by atoms with E-state index < -0.39 is 23.8 Å². The molecular weight excluding hydrogens is 462 g/mol. The minimum Gasteiger partial charge on any atom is -0.466 e. The van der Waals surface area contributed by atoms with Gasteiger partial charge in [0.15, 0.2) is 0 Å². The van der Waals surface area contributed by atoms with Crippen LogP contribution in [0, 0.1) is 11.3 Å². The van der Waals surface area contributed by atoms with Gasteiger partial charge in [-0.25, -0.2) is 14.4 Å². The Bertz CT molecular complexity index is 1260. The van der Waals surface area contributed by atoms with E-state index in [0.29, 0.717) is 5.56 Å². The number of anilines is 1. The predicted molar refractivity (Wildman–Crippen MR) is 122 cm³/mol. The van der Waals surface area contributed by atoms with Crippen LogP contribution in [0.2, 0.25) is 5.02 Å². The number of ether oxygens (including phenoxy) is 3. The molecule has 10 heteroatoms. The van der Waals surface area contributed by atoms with Crippen molar-refractivity contribution in [2.24, 2.45) is 5.73 Å². The third-order valence-electron chi connectivity index (χ3n) is 5.22. The monoisotopic (exact) mass is 481 g/mol. The van der Waals surface area contributed by atoms with Gasteiger partial charge in [0.2, 0.25) is 0 Å². The van der Waals surface area contributed by atoms with Crippen molar-refractivity contribution in [1.29, 1.82) is 5.26 Å². The average Bonchev–Trinajstić information content (AvgIpc) is 2.87. The first-order chi connectivity index (χ1) is 16.3. The van der Waals surface area contributed by atoms with Crippen LogP contribution < -0.4 is 10.6 Å². The van der Waals surface area contributed by atoms with E-state index in [9.17, 15) is 19.6 Å². The zero-order chi connectivity index (χ0) is 25.0. The number of rotatable bonds is 5. The number of nitrogens with zero attached hydrogens (tertiary/aromatic N) is 2. The highest BCUT2D eigenvalue weighted by molar-refractivity contribution is 6.33. The molecule has 0 aromatic heterocycles. The maximum atomic E-state index is 13.1. The Morgan fingerprint density at radius 1 is 0.971 bits per heavy atom. The summed E-state index contributed by atoms with van der Waals surface area (Å²) < 4.78 is 14.7. The van der Waals surface area contributed by atoms with Crippen LogP contribution in [0.3, 0.4) is 0 Å². The summed E-state index contributed by atoms with van der Waals surface area (Å²) in [4.78, 5) is 39.3. The predicted octanol–water partition coefficient (Wildman–Crippen LogP) is 3.02. The van der Waals surface area contributed by atoms with Crippen LogP contribution in [-0.4, -0.2) is 39.2 Å². The van der Waals surface area contributed by atoms with Gasteiger partial charge in [0.1, 0.15) is 11.5 Å². The molecule has 1 heterocycles. The molecule has 1 unspecified atom stereocenters. The molecule has 2 N–H and O–H groups in total. The summed E-state index contributed by atoms with van der Waals surface area (Å²) in [5, 5.41) is 10.1. The highest BCUT2D eigenvalue weighted by Gasteiger charge is 2.43. The molecule has 0 bridgehead atoms. The van der Waals surface area contributed by atoms with Crippen molar-refractivity contribution in [3.8, 4) is 6.07 Å². The van der Waals surface area contributed by atoms with Crippen molar-refractivity contribution in [2.45, 2.75) is 5.92 Å². The quantitative estimate of drug-likeness (QED) is 0.505. The van der Waals surface area contributed by atoms with Gasteiger partial charge in [-0.05, 0) is 23.8 Å². The number of hydrogen-bond donors (Lipinski definition) is 1. The topological polar surface area (TPSA) is 132 Å². The fraction of sp³-hybridized carbons (Fsp3) is 0.167. The summed E-state index contributed by atoms with van der Waals surface area (Å²) in [6.45, 7) is 0. The van der Waals surface area contributed by atoms with Crippen LogP contribution in [0.4, 0.5) is 5.69 Å². The normalized spacial score (nSPS) is 15.5. The smallest absolute Gasteiger partial charge is 0.355 e. The highest BCUT2D eigenvalue weighted by Crippen LogP contribution is 2.44. The van der Waals surface area contributed by atoms with Gasteiger partial charge in [-0.3, -0.25) is 4.90 Å². The van der Waals surface area contributed by atoms with Gasteiger partial charge in [-0.2, -0.15) is 5.26 Å². The van der Waals surface area contributed by atoms with Gasteiger partial charge in [0, 0.05) is 0 Å². The van der Waals surface area contributed by atoms with Crippen LogP contribution in [0.5, 0.6) is 0 Å². The summed E-state index contributed by atoms with van der Waals surface area (Å²) >= 11 is 6.42. The molecule has 0 radical (unpaired) electrons. The van der Waals surface area contributed by atoms with E-state index in [2.05, 4.69) is 0 Å². The summed E-state index contributed by atoms with van der Waals surface area (Å²) in [5.74, 6) is -3.67. The van der Waals surface area contributed by atoms with Crippen molar-refractivity contribution < 1.29 is 28.6 Å². The van der Waals surface area contributed by atoms with Crippen molar-refractivity contribution in [2.75, 3.05) is 26.2 Å². The first-order valence-electron chi connectivity index (χ1n) is 9.84. The maximum Gasteiger partial charge on any atom is 0.355 e. The van der Waals surface area contributed by atoms with Crippen LogP contribution in [-0.2, 0) is 23.8 Å². The second kappa shape index (κ2) is 10.1. The molecule has 9 nitrogen and oxygen atoms in total. The van der Waals surface area contributed by atoms with E-state index in [1.165, 1.54) is 25.3 Å². The third kappa shape index (κ3) is 4.19. The lowest BCUT2D eigenvalue weighted by atomic mass is 9.81. The lowest BCUT2D eigenvalue weighted by Crippen LogP contribution is -2.41. The SMILES string of the molecule is COC(=O)C1=C(C(=O)OC)N(c2cc(C(=O)OC)ccc2Cl)C(N)=C(C#N)C1c1ccccc1. The van der Waals surface area contributed by atoms with E-state index in [1.807, 2.05) is 6.07 Å². The number of nitriles is 1. The van der Waals surface area contributed by atoms with Crippen LogP contribution in [0.1, 0.15) is 21.8 Å². The molecule has 2 aromatic rings. The minimum atomic E-state index is -1.02. The number of nitrogens with two attached hydrogens (primary N) is 1. The molecule has 0 amide bonds. The largest absolute Gasteiger partial charge is 0.466 e. The van der Waals surface area contributed by atoms with E-state index >= 15 is 0 Å². The maximum absolute atomic E-state index is 13.1. The van der Waals surface area contributed by atoms with Gasteiger partial charge in [-0.1, -0.05) is 41.9 Å². The van der Waals surface area contributed by atoms with Crippen LogP contribution in [0.15, 0.2) is 71.2 Å². The molecule has 34 heavy (non-hydrogen) atoms. The number of carbonyl (C=O) groups excluding carboxylic acids is 3. The molecule has 0 fully saturated rings. The fourth-order valence-corrected chi connectivity index (χ4v) is 3.89. The van der Waals surface area contributed by atoms with E-state index in [1.54, 1.807) is 30.3 Å². The van der Waals surface area contributed by atoms with E-state index in [0.717, 1.165) is 19.1 Å². The molecule has 174 valence electrons. The Labute approximate surface area is 200 Å². The van der Waals surface area contributed by atoms with Crippen molar-refractivity contribution in [1.82, 2.24) is 0 Å². The lowest BCUT2D eigenvalue weighted by Gasteiger charge is -2.36. The zero-order valence-electron chi connectivity index (χ0n) is 18.5. The fourth-order valence-electron chi connectivity index (χ4n) is 3.69. The third-order valence-corrected chi connectivity index (χ3v) is 5.54. The number of hydrogen-bond acceptors (Lipinski definition) is 9. The number of methoxy groups -OCH3 is 3. The van der Waals surface area contributed by atoms with Gasteiger partial charge in [0.05, 0.1) is 60.7 Å². The second-order valence-corrected chi connectivity index (χ2v) is 7.40. The molecular formula is C24H20ClN3O6. The number of carbonyl (C=O) groups is 3. The number of benzene rings is 2. The Hall–Kier alpha value is -4.29. The molecule has 1 aliphatic rings. The summed E-state index contributed by atoms with van der Waals surface area (Å²) in [7, 11) is 3.49. The molecule has 0 saturated heterocycles. The van der Waals surface area contributed by atoms with Crippen molar-refractivity contribution in [3.63, 3.8) is 0 Å². The van der Waals surface area contributed by atoms with Crippen molar-refractivity contribution in [3.05, 3.63) is 87.3 Å². The average molecular weight is 482 g/mol. The Kier molecular flexibility index (Phi) is 7.24. The van der Waals surface area contributed by atoms with Crippen LogP contribution >= 0.6 is 11.6 Å². The molecule has 0 aliphatic carbocycles. The van der Waals surface area contributed by atoms with E-state index in [4.69, 9.17) is 31.5 Å². The molecule has 1 atom stereocenters. The molecule has 0 spiro atoms. The first kappa shape index (κ1) is 24.4. The number of allylic oxidation sites excluding steroid dienone is 1. The van der Waals surface area contributed by atoms with Gasteiger partial charge < -0.3 is 19.9 Å². The molecule has 1 aliphatic heterocycles. The Morgan fingerprint density at radius 2 is 1.59 bits per heavy atom. The van der Waals surface area contributed by atoms with E-state index in [-0.39, 0.29) is 38.9 Å². The summed E-state index contributed by atoms with van der Waals surface area (Å²) in [6.07, 6.45) is 0. The highest BCUT2D eigenvalue weighted by atomic mass is 35.5. The number of halogens is 1. The number of esters is 3. The van der Waals surface area contributed by atoms with Gasteiger partial charge >= 0.3 is 17.9 Å². The minimum absolute atomic E-state index is 0.0289. The summed E-state index contributed by atoms with van der Waals surface area (Å²) in [5.41, 5.74) is 6.60. The standard InChI is InChI=1S/C24H20ClN3O6/c1-32-22(29)14-9-10-16(25)17(11-14)28-20(24(31)34-3)19(23(30)33-2)18(15(12-26)21(28)27)13-7-5-4-6-8-13/h4-11,18H,27H2,1-3H3. The molecule has 0 saturated carbocycles. The summed E-state index contributed by atoms with van der Waals surface area (Å²) in [6, 6.07) is 14.8. The van der Waals surface area contributed by atoms with Crippen LogP contribution in [0.25, 0.3) is 0 Å². The van der Waals surface area contributed by atoms with Crippen molar-refractivity contribution >= 4 is 35.2 Å². The van der Waals surface area contributed by atoms with Gasteiger partial charge in [-0.15, -0.1) is 0 Å².